The highest BCUT2D eigenvalue weighted by Gasteiger charge is 2.42. The quantitative estimate of drug-likeness (QED) is 0.887. The van der Waals surface area contributed by atoms with Gasteiger partial charge < -0.3 is 14.8 Å². The molecule has 0 saturated carbocycles. The molecule has 28 heavy (non-hydrogen) atoms. The van der Waals surface area contributed by atoms with E-state index >= 15 is 0 Å². The molecule has 3 heterocycles. The molecule has 2 aromatic rings. The summed E-state index contributed by atoms with van der Waals surface area (Å²) in [6, 6.07) is 7.80. The highest BCUT2D eigenvalue weighted by Crippen LogP contribution is 2.39. The van der Waals surface area contributed by atoms with E-state index in [1.807, 2.05) is 47.2 Å². The summed E-state index contributed by atoms with van der Waals surface area (Å²) in [7, 11) is 0. The molecule has 1 spiro atoms. The van der Waals surface area contributed by atoms with Crippen molar-refractivity contribution >= 4 is 11.8 Å². The summed E-state index contributed by atoms with van der Waals surface area (Å²) in [6.45, 7) is 4.99. The third kappa shape index (κ3) is 3.81. The lowest BCUT2D eigenvalue weighted by Gasteiger charge is -2.48. The first-order valence-corrected chi connectivity index (χ1v) is 10.2. The maximum Gasteiger partial charge on any atom is 0.254 e. The number of nitrogens with one attached hydrogen (secondary N) is 1. The van der Waals surface area contributed by atoms with Gasteiger partial charge in [0, 0.05) is 61.9 Å². The van der Waals surface area contributed by atoms with Crippen LogP contribution in [-0.2, 0) is 11.2 Å². The predicted molar refractivity (Wildman–Crippen MR) is 107 cm³/mol. The van der Waals surface area contributed by atoms with Gasteiger partial charge in [-0.2, -0.15) is 0 Å². The number of imidazole rings is 1. The number of aromatic nitrogens is 2. The fourth-order valence-electron chi connectivity index (χ4n) is 4.68. The molecule has 1 aromatic heterocycles. The first-order chi connectivity index (χ1) is 13.6. The average Bonchev–Trinajstić information content (AvgIpc) is 3.23. The minimum absolute atomic E-state index is 0.0263. The molecule has 2 aliphatic heterocycles. The fourth-order valence-corrected chi connectivity index (χ4v) is 4.68. The van der Waals surface area contributed by atoms with E-state index in [2.05, 4.69) is 9.97 Å². The van der Waals surface area contributed by atoms with Crippen molar-refractivity contribution in [3.05, 3.63) is 53.6 Å². The standard InChI is InChI=1S/C22H28N4O2/c1-17-5-2-3-6-19(17)21(28)26-11-4-9-22(15-26)10-7-20(27)25(14-22)12-8-18-13-23-16-24-18/h2-3,5-6,13,16H,4,7-12,14-15H2,1H3,(H,23,24)/t22-/m1/s1. The zero-order valence-corrected chi connectivity index (χ0v) is 16.5. The molecule has 2 amide bonds. The summed E-state index contributed by atoms with van der Waals surface area (Å²) < 4.78 is 0. The van der Waals surface area contributed by atoms with Gasteiger partial charge >= 0.3 is 0 Å². The normalized spacial score (nSPS) is 22.7. The van der Waals surface area contributed by atoms with Gasteiger partial charge in [-0.15, -0.1) is 0 Å². The van der Waals surface area contributed by atoms with Crippen LogP contribution in [0, 0.1) is 12.3 Å². The average molecular weight is 380 g/mol. The highest BCUT2D eigenvalue weighted by atomic mass is 16.2. The molecule has 6 nitrogen and oxygen atoms in total. The van der Waals surface area contributed by atoms with E-state index in [9.17, 15) is 9.59 Å². The van der Waals surface area contributed by atoms with Crippen molar-refractivity contribution in [2.24, 2.45) is 5.41 Å². The first-order valence-electron chi connectivity index (χ1n) is 10.2. The lowest BCUT2D eigenvalue weighted by molar-refractivity contribution is -0.138. The minimum atomic E-state index is 0.0263. The zero-order chi connectivity index (χ0) is 19.6. The van der Waals surface area contributed by atoms with E-state index in [0.717, 1.165) is 62.1 Å². The second-order valence-corrected chi connectivity index (χ2v) is 8.29. The molecule has 1 aromatic carbocycles. The van der Waals surface area contributed by atoms with Crippen molar-refractivity contribution in [1.29, 1.82) is 0 Å². The molecule has 6 heteroatoms. The summed E-state index contributed by atoms with van der Waals surface area (Å²) in [4.78, 5) is 36.7. The maximum absolute atomic E-state index is 13.1. The lowest BCUT2D eigenvalue weighted by Crippen LogP contribution is -2.55. The van der Waals surface area contributed by atoms with E-state index in [0.29, 0.717) is 13.0 Å². The fraction of sp³-hybridized carbons (Fsp3) is 0.500. The summed E-state index contributed by atoms with van der Waals surface area (Å²) in [5.41, 5.74) is 2.89. The van der Waals surface area contributed by atoms with Gasteiger partial charge in [0.2, 0.25) is 5.91 Å². The topological polar surface area (TPSA) is 69.3 Å². The van der Waals surface area contributed by atoms with Crippen molar-refractivity contribution in [3.8, 4) is 0 Å². The van der Waals surface area contributed by atoms with Crippen LogP contribution in [0.4, 0.5) is 0 Å². The lowest BCUT2D eigenvalue weighted by atomic mass is 9.73. The number of hydrogen-bond donors (Lipinski definition) is 1. The van der Waals surface area contributed by atoms with Crippen molar-refractivity contribution in [3.63, 3.8) is 0 Å². The largest absolute Gasteiger partial charge is 0.348 e. The number of nitrogens with zero attached hydrogens (tertiary/aromatic N) is 3. The molecular weight excluding hydrogens is 352 g/mol. The van der Waals surface area contributed by atoms with Crippen LogP contribution < -0.4 is 0 Å². The Morgan fingerprint density at radius 3 is 2.89 bits per heavy atom. The van der Waals surface area contributed by atoms with E-state index in [1.165, 1.54) is 0 Å². The smallest absolute Gasteiger partial charge is 0.254 e. The summed E-state index contributed by atoms with van der Waals surface area (Å²) >= 11 is 0. The van der Waals surface area contributed by atoms with Gasteiger partial charge in [0.05, 0.1) is 6.33 Å². The number of carbonyl (C=O) groups is 2. The summed E-state index contributed by atoms with van der Waals surface area (Å²) in [6.07, 6.45) is 7.81. The van der Waals surface area contributed by atoms with Crippen LogP contribution in [0.3, 0.4) is 0 Å². The number of benzene rings is 1. The number of rotatable bonds is 4. The number of aromatic amines is 1. The second kappa shape index (κ2) is 7.78. The van der Waals surface area contributed by atoms with E-state index in [4.69, 9.17) is 0 Å². The molecule has 0 aliphatic carbocycles. The molecule has 0 unspecified atom stereocenters. The van der Waals surface area contributed by atoms with Crippen molar-refractivity contribution in [1.82, 2.24) is 19.8 Å². The first kappa shape index (κ1) is 18.7. The molecule has 148 valence electrons. The molecule has 1 atom stereocenters. The number of carbonyl (C=O) groups excluding carboxylic acids is 2. The number of piperidine rings is 2. The molecule has 2 aliphatic rings. The third-order valence-electron chi connectivity index (χ3n) is 6.28. The second-order valence-electron chi connectivity index (χ2n) is 8.29. The Kier molecular flexibility index (Phi) is 5.20. The monoisotopic (exact) mass is 380 g/mol. The number of hydrogen-bond acceptors (Lipinski definition) is 3. The van der Waals surface area contributed by atoms with Gasteiger partial charge in [-0.3, -0.25) is 9.59 Å². The van der Waals surface area contributed by atoms with Crippen LogP contribution in [-0.4, -0.2) is 57.8 Å². The SMILES string of the molecule is Cc1ccccc1C(=O)N1CCC[C@]2(CCC(=O)N(CCc3cnc[nH]3)C2)C1. The molecule has 4 rings (SSSR count). The highest BCUT2D eigenvalue weighted by molar-refractivity contribution is 5.95. The Morgan fingerprint density at radius 1 is 1.25 bits per heavy atom. The van der Waals surface area contributed by atoms with Crippen LogP contribution in [0.25, 0.3) is 0 Å². The summed E-state index contributed by atoms with van der Waals surface area (Å²) in [5.74, 6) is 0.352. The van der Waals surface area contributed by atoms with Gasteiger partial charge in [0.1, 0.15) is 0 Å². The molecule has 1 N–H and O–H groups in total. The zero-order valence-electron chi connectivity index (χ0n) is 16.5. The molecular formula is C22H28N4O2. The van der Waals surface area contributed by atoms with Gasteiger partial charge in [0.25, 0.3) is 5.91 Å². The Bertz CT molecular complexity index is 848. The van der Waals surface area contributed by atoms with Crippen LogP contribution in [0.2, 0.25) is 0 Å². The third-order valence-corrected chi connectivity index (χ3v) is 6.28. The van der Waals surface area contributed by atoms with Crippen molar-refractivity contribution < 1.29 is 9.59 Å². The molecule has 0 radical (unpaired) electrons. The van der Waals surface area contributed by atoms with Gasteiger partial charge in [-0.05, 0) is 37.8 Å². The van der Waals surface area contributed by atoms with Crippen LogP contribution in [0.1, 0.15) is 47.3 Å². The number of H-pyrrole nitrogens is 1. The van der Waals surface area contributed by atoms with E-state index in [-0.39, 0.29) is 17.2 Å². The van der Waals surface area contributed by atoms with E-state index in [1.54, 1.807) is 6.33 Å². The molecule has 2 saturated heterocycles. The van der Waals surface area contributed by atoms with Crippen LogP contribution in [0.15, 0.2) is 36.8 Å². The molecule has 0 bridgehead atoms. The van der Waals surface area contributed by atoms with Crippen molar-refractivity contribution in [2.75, 3.05) is 26.2 Å². The van der Waals surface area contributed by atoms with Gasteiger partial charge in [0.15, 0.2) is 0 Å². The van der Waals surface area contributed by atoms with Gasteiger partial charge in [-0.25, -0.2) is 4.98 Å². The minimum Gasteiger partial charge on any atom is -0.348 e. The molecule has 2 fully saturated rings. The van der Waals surface area contributed by atoms with Crippen LogP contribution >= 0.6 is 0 Å². The predicted octanol–water partition coefficient (Wildman–Crippen LogP) is 2.81. The van der Waals surface area contributed by atoms with Gasteiger partial charge in [-0.1, -0.05) is 18.2 Å². The number of aryl methyl sites for hydroxylation is 1. The Morgan fingerprint density at radius 2 is 2.11 bits per heavy atom. The maximum atomic E-state index is 13.1. The Labute approximate surface area is 165 Å². The van der Waals surface area contributed by atoms with Crippen molar-refractivity contribution in [2.45, 2.75) is 39.0 Å². The van der Waals surface area contributed by atoms with Crippen LogP contribution in [0.5, 0.6) is 0 Å². The number of likely N-dealkylation sites (tertiary alicyclic amines) is 2. The summed E-state index contributed by atoms with van der Waals surface area (Å²) in [5, 5.41) is 0. The van der Waals surface area contributed by atoms with E-state index < -0.39 is 0 Å². The number of amides is 2. The Hall–Kier alpha value is -2.63. The Balaban J connectivity index is 1.45.